The van der Waals surface area contributed by atoms with E-state index >= 15 is 0 Å². The molecule has 5 rings (SSSR count). The first-order valence-electron chi connectivity index (χ1n) is 11.3. The molecule has 5 nitrogen and oxygen atoms in total. The Bertz CT molecular complexity index is 1370. The fraction of sp³-hybridized carbons (Fsp3) is 0.222. The molecule has 1 aliphatic carbocycles. The van der Waals surface area contributed by atoms with Crippen LogP contribution in [0.3, 0.4) is 0 Å². The second-order valence-electron chi connectivity index (χ2n) is 8.22. The first-order valence-corrected chi connectivity index (χ1v) is 12.3. The van der Waals surface area contributed by atoms with Crippen LogP contribution in [0.4, 0.5) is 5.69 Å². The highest BCUT2D eigenvalue weighted by atomic mass is 32.2. The third kappa shape index (κ3) is 4.71. The number of amides is 1. The molecule has 0 bridgehead atoms. The molecule has 4 aromatic rings. The van der Waals surface area contributed by atoms with E-state index in [2.05, 4.69) is 17.4 Å². The number of anilines is 1. The van der Waals surface area contributed by atoms with Crippen molar-refractivity contribution in [2.75, 3.05) is 11.1 Å². The molecule has 1 aromatic heterocycles. The molecule has 166 valence electrons. The summed E-state index contributed by atoms with van der Waals surface area (Å²) in [6.45, 7) is 0. The maximum atomic E-state index is 13.2. The molecule has 0 radical (unpaired) electrons. The number of carbonyl (C=O) groups is 1. The molecule has 0 fully saturated rings. The number of fused-ring (bicyclic) bond motifs is 2. The van der Waals surface area contributed by atoms with Gasteiger partial charge in [-0.15, -0.1) is 0 Å². The highest BCUT2D eigenvalue weighted by Crippen LogP contribution is 2.25. The molecule has 0 saturated heterocycles. The topological polar surface area (TPSA) is 64.0 Å². The van der Waals surface area contributed by atoms with Crippen molar-refractivity contribution in [2.24, 2.45) is 0 Å². The fourth-order valence-corrected chi connectivity index (χ4v) is 5.23. The highest BCUT2D eigenvalue weighted by Gasteiger charge is 2.14. The van der Waals surface area contributed by atoms with E-state index in [-0.39, 0.29) is 11.5 Å². The van der Waals surface area contributed by atoms with Gasteiger partial charge in [-0.05, 0) is 73.2 Å². The summed E-state index contributed by atoms with van der Waals surface area (Å²) in [5, 5.41) is 4.26. The highest BCUT2D eigenvalue weighted by molar-refractivity contribution is 7.99. The van der Waals surface area contributed by atoms with Gasteiger partial charge in [0.05, 0.1) is 16.6 Å². The van der Waals surface area contributed by atoms with Crippen molar-refractivity contribution >= 4 is 34.3 Å². The van der Waals surface area contributed by atoms with Crippen LogP contribution in [0.1, 0.15) is 30.4 Å². The van der Waals surface area contributed by atoms with Gasteiger partial charge >= 0.3 is 0 Å². The molecule has 33 heavy (non-hydrogen) atoms. The Morgan fingerprint density at radius 3 is 2.64 bits per heavy atom. The number of nitrogens with one attached hydrogen (secondary N) is 1. The monoisotopic (exact) mass is 455 g/mol. The van der Waals surface area contributed by atoms with Crippen LogP contribution in [-0.2, 0) is 17.6 Å². The van der Waals surface area contributed by atoms with Gasteiger partial charge in [-0.2, -0.15) is 0 Å². The Morgan fingerprint density at radius 2 is 1.76 bits per heavy atom. The van der Waals surface area contributed by atoms with E-state index < -0.39 is 0 Å². The Labute approximate surface area is 196 Å². The molecule has 1 N–H and O–H groups in total. The van der Waals surface area contributed by atoms with Crippen molar-refractivity contribution in [2.45, 2.75) is 37.3 Å². The zero-order valence-corrected chi connectivity index (χ0v) is 19.1. The summed E-state index contributed by atoms with van der Waals surface area (Å²) in [6.07, 6.45) is 4.54. The van der Waals surface area contributed by atoms with Crippen LogP contribution in [0.5, 0.6) is 0 Å². The summed E-state index contributed by atoms with van der Waals surface area (Å²) in [5.41, 5.74) is 5.02. The molecule has 0 aliphatic heterocycles. The third-order valence-electron chi connectivity index (χ3n) is 5.92. The number of aryl methyl sites for hydroxylation is 2. The minimum atomic E-state index is -0.0800. The Hall–Kier alpha value is -3.38. The quantitative estimate of drug-likeness (QED) is 0.231. The first-order chi connectivity index (χ1) is 16.2. The van der Waals surface area contributed by atoms with Crippen molar-refractivity contribution in [3.63, 3.8) is 0 Å². The van der Waals surface area contributed by atoms with Gasteiger partial charge in [0.25, 0.3) is 5.56 Å². The molecular formula is C27H25N3O2S. The van der Waals surface area contributed by atoms with Crippen molar-refractivity contribution in [1.29, 1.82) is 0 Å². The molecule has 1 heterocycles. The number of hydrogen-bond acceptors (Lipinski definition) is 4. The van der Waals surface area contributed by atoms with Crippen LogP contribution in [0.2, 0.25) is 0 Å². The summed E-state index contributed by atoms with van der Waals surface area (Å²) in [7, 11) is 0. The van der Waals surface area contributed by atoms with Crippen LogP contribution in [0.15, 0.2) is 82.7 Å². The molecule has 0 atom stereocenters. The van der Waals surface area contributed by atoms with Gasteiger partial charge in [-0.3, -0.25) is 14.2 Å². The van der Waals surface area contributed by atoms with E-state index in [1.54, 1.807) is 4.57 Å². The molecule has 0 saturated carbocycles. The lowest BCUT2D eigenvalue weighted by Crippen LogP contribution is -2.21. The van der Waals surface area contributed by atoms with E-state index in [0.29, 0.717) is 34.7 Å². The number of carbonyl (C=O) groups excluding carboxylic acids is 1. The number of benzene rings is 3. The molecule has 0 unspecified atom stereocenters. The molecular weight excluding hydrogens is 430 g/mol. The fourth-order valence-electron chi connectivity index (χ4n) is 4.28. The van der Waals surface area contributed by atoms with Crippen LogP contribution < -0.4 is 10.9 Å². The second-order valence-corrected chi connectivity index (χ2v) is 9.29. The van der Waals surface area contributed by atoms with E-state index in [0.717, 1.165) is 24.2 Å². The Kier molecular flexibility index (Phi) is 6.26. The molecule has 0 spiro atoms. The molecule has 1 amide bonds. The lowest BCUT2D eigenvalue weighted by atomic mass is 10.1. The largest absolute Gasteiger partial charge is 0.326 e. The minimum Gasteiger partial charge on any atom is -0.326 e. The molecule has 6 heteroatoms. The van der Waals surface area contributed by atoms with E-state index in [1.807, 2.05) is 60.7 Å². The molecule has 1 aliphatic rings. The number of aromatic nitrogens is 2. The predicted molar refractivity (Wildman–Crippen MR) is 134 cm³/mol. The van der Waals surface area contributed by atoms with E-state index in [1.165, 1.54) is 29.3 Å². The van der Waals surface area contributed by atoms with Crippen LogP contribution in [0, 0.1) is 0 Å². The Balaban J connectivity index is 1.27. The van der Waals surface area contributed by atoms with Crippen LogP contribution in [-0.4, -0.2) is 21.2 Å². The summed E-state index contributed by atoms with van der Waals surface area (Å²) >= 11 is 1.51. The van der Waals surface area contributed by atoms with Crippen LogP contribution in [0.25, 0.3) is 16.6 Å². The number of nitrogens with zero attached hydrogens (tertiary/aromatic N) is 2. The van der Waals surface area contributed by atoms with Gasteiger partial charge in [0.2, 0.25) is 5.91 Å². The third-order valence-corrected chi connectivity index (χ3v) is 6.95. The number of hydrogen-bond donors (Lipinski definition) is 1. The van der Waals surface area contributed by atoms with Gasteiger partial charge in [0.15, 0.2) is 5.16 Å². The predicted octanol–water partition coefficient (Wildman–Crippen LogP) is 5.39. The maximum Gasteiger partial charge on any atom is 0.266 e. The summed E-state index contributed by atoms with van der Waals surface area (Å²) in [4.78, 5) is 30.4. The first kappa shape index (κ1) is 21.5. The number of para-hydroxylation sites is 2. The summed E-state index contributed by atoms with van der Waals surface area (Å²) in [5.74, 6) is 0.704. The van der Waals surface area contributed by atoms with Crippen molar-refractivity contribution in [1.82, 2.24) is 9.55 Å². The van der Waals surface area contributed by atoms with Gasteiger partial charge in [-0.1, -0.05) is 48.2 Å². The summed E-state index contributed by atoms with van der Waals surface area (Å²) < 4.78 is 1.66. The van der Waals surface area contributed by atoms with Crippen molar-refractivity contribution < 1.29 is 4.79 Å². The maximum absolute atomic E-state index is 13.2. The zero-order valence-electron chi connectivity index (χ0n) is 18.3. The van der Waals surface area contributed by atoms with E-state index in [9.17, 15) is 9.59 Å². The van der Waals surface area contributed by atoms with Gasteiger partial charge in [0.1, 0.15) is 0 Å². The van der Waals surface area contributed by atoms with Crippen LogP contribution >= 0.6 is 11.8 Å². The van der Waals surface area contributed by atoms with Gasteiger partial charge in [0, 0.05) is 17.9 Å². The normalized spacial score (nSPS) is 12.6. The zero-order chi connectivity index (χ0) is 22.6. The average molecular weight is 456 g/mol. The standard InChI is InChI=1S/C27H25N3O2S/c31-25(28-21-16-15-19-8-6-9-20(19)18-21)14-7-17-33-27-29-24-13-5-4-12-23(24)26(32)30(27)22-10-2-1-3-11-22/h1-5,10-13,15-16,18H,6-9,14,17H2,(H,28,31). The SMILES string of the molecule is O=C(CCCSc1nc2ccccc2c(=O)n1-c1ccccc1)Nc1ccc2c(c1)CCC2. The summed E-state index contributed by atoms with van der Waals surface area (Å²) in [6, 6.07) is 23.2. The Morgan fingerprint density at radius 1 is 0.970 bits per heavy atom. The minimum absolute atomic E-state index is 0.0143. The number of rotatable bonds is 7. The second kappa shape index (κ2) is 9.63. The lowest BCUT2D eigenvalue weighted by molar-refractivity contribution is -0.116. The van der Waals surface area contributed by atoms with Gasteiger partial charge in [-0.25, -0.2) is 4.98 Å². The smallest absolute Gasteiger partial charge is 0.266 e. The number of thioether (sulfide) groups is 1. The van der Waals surface area contributed by atoms with Crippen molar-refractivity contribution in [3.8, 4) is 5.69 Å². The molecule has 3 aromatic carbocycles. The van der Waals surface area contributed by atoms with Crippen molar-refractivity contribution in [3.05, 3.63) is 94.3 Å². The average Bonchev–Trinajstić information content (AvgIpc) is 3.30. The van der Waals surface area contributed by atoms with Gasteiger partial charge < -0.3 is 5.32 Å². The van der Waals surface area contributed by atoms with E-state index in [4.69, 9.17) is 4.98 Å². The lowest BCUT2D eigenvalue weighted by Gasteiger charge is -2.13.